The average Bonchev–Trinajstić information content (AvgIpc) is 2.01. The van der Waals surface area contributed by atoms with Gasteiger partial charge in [-0.2, -0.15) is 0 Å². The molecule has 0 amide bonds. The van der Waals surface area contributed by atoms with Crippen molar-refractivity contribution in [3.8, 4) is 0 Å². The second-order valence-electron chi connectivity index (χ2n) is 4.62. The zero-order valence-electron chi connectivity index (χ0n) is 8.57. The summed E-state index contributed by atoms with van der Waals surface area (Å²) < 4.78 is 5.57. The van der Waals surface area contributed by atoms with E-state index in [1.54, 1.807) is 0 Å². The molecule has 1 unspecified atom stereocenters. The molecule has 76 valence electrons. The van der Waals surface area contributed by atoms with Crippen LogP contribution < -0.4 is 5.73 Å². The molecule has 2 aliphatic heterocycles. The summed E-state index contributed by atoms with van der Waals surface area (Å²) in [7, 11) is 0. The van der Waals surface area contributed by atoms with E-state index in [1.165, 1.54) is 0 Å². The van der Waals surface area contributed by atoms with Crippen molar-refractivity contribution in [1.82, 2.24) is 4.90 Å². The van der Waals surface area contributed by atoms with Gasteiger partial charge in [0.05, 0.1) is 13.2 Å². The van der Waals surface area contributed by atoms with Gasteiger partial charge in [-0.15, -0.1) is 0 Å². The molecule has 0 aromatic heterocycles. The van der Waals surface area contributed by atoms with Crippen LogP contribution >= 0.6 is 0 Å². The number of fused-ring (bicyclic) bond motifs is 2. The molecule has 3 atom stereocenters. The Morgan fingerprint density at radius 3 is 2.23 bits per heavy atom. The largest absolute Gasteiger partial charge is 0.378 e. The molecule has 0 aromatic carbocycles. The first-order valence-electron chi connectivity index (χ1n) is 5.29. The number of hydrogen-bond acceptors (Lipinski definition) is 3. The van der Waals surface area contributed by atoms with Crippen LogP contribution in [0.5, 0.6) is 0 Å². The molecule has 3 nitrogen and oxygen atoms in total. The van der Waals surface area contributed by atoms with Crippen LogP contribution in [0.1, 0.15) is 26.7 Å². The van der Waals surface area contributed by atoms with E-state index < -0.39 is 0 Å². The minimum atomic E-state index is 0.397. The summed E-state index contributed by atoms with van der Waals surface area (Å²) >= 11 is 0. The fraction of sp³-hybridized carbons (Fsp3) is 1.00. The second kappa shape index (κ2) is 3.56. The van der Waals surface area contributed by atoms with Gasteiger partial charge in [0, 0.05) is 24.2 Å². The van der Waals surface area contributed by atoms with Crippen LogP contribution in [-0.4, -0.2) is 42.3 Å². The first kappa shape index (κ1) is 9.44. The summed E-state index contributed by atoms with van der Waals surface area (Å²) in [6.07, 6.45) is 2.21. The van der Waals surface area contributed by atoms with E-state index >= 15 is 0 Å². The number of nitrogens with two attached hydrogens (primary N) is 1. The summed E-state index contributed by atoms with van der Waals surface area (Å²) in [4.78, 5) is 2.59. The first-order chi connectivity index (χ1) is 6.18. The standard InChI is InChI=1S/C10H20N2O/c1-7(2)12-9-3-8(11)4-10(12)6-13-5-9/h7-10H,3-6,11H2,1-2H3/t8-,9+,10?/m1/s1. The Hall–Kier alpha value is -0.120. The van der Waals surface area contributed by atoms with Gasteiger partial charge in [-0.25, -0.2) is 0 Å². The molecule has 0 radical (unpaired) electrons. The van der Waals surface area contributed by atoms with Crippen molar-refractivity contribution < 1.29 is 4.74 Å². The van der Waals surface area contributed by atoms with Crippen molar-refractivity contribution in [2.45, 2.75) is 50.9 Å². The minimum absolute atomic E-state index is 0.397. The Balaban J connectivity index is 2.10. The number of rotatable bonds is 1. The predicted molar refractivity (Wildman–Crippen MR) is 52.6 cm³/mol. The average molecular weight is 184 g/mol. The normalized spacial score (nSPS) is 41.1. The molecular weight excluding hydrogens is 164 g/mol. The molecular formula is C10H20N2O. The monoisotopic (exact) mass is 184 g/mol. The molecule has 2 fully saturated rings. The summed E-state index contributed by atoms with van der Waals surface area (Å²) in [6, 6.07) is 2.17. The molecule has 2 saturated heterocycles. The molecule has 0 spiro atoms. The van der Waals surface area contributed by atoms with E-state index in [0.717, 1.165) is 26.1 Å². The molecule has 2 aliphatic rings. The van der Waals surface area contributed by atoms with Gasteiger partial charge in [0.15, 0.2) is 0 Å². The Labute approximate surface area is 80.2 Å². The molecule has 2 bridgehead atoms. The molecule has 2 heterocycles. The predicted octanol–water partition coefficient (Wildman–Crippen LogP) is 0.585. The van der Waals surface area contributed by atoms with Crippen molar-refractivity contribution in [3.05, 3.63) is 0 Å². The van der Waals surface area contributed by atoms with E-state index in [0.29, 0.717) is 24.2 Å². The number of piperidine rings is 1. The smallest absolute Gasteiger partial charge is 0.0623 e. The third kappa shape index (κ3) is 1.73. The van der Waals surface area contributed by atoms with E-state index in [9.17, 15) is 0 Å². The van der Waals surface area contributed by atoms with Gasteiger partial charge in [-0.1, -0.05) is 0 Å². The molecule has 0 saturated carbocycles. The maximum Gasteiger partial charge on any atom is 0.0623 e. The van der Waals surface area contributed by atoms with Crippen LogP contribution in [0.15, 0.2) is 0 Å². The lowest BCUT2D eigenvalue weighted by Crippen LogP contribution is -2.61. The topological polar surface area (TPSA) is 38.5 Å². The van der Waals surface area contributed by atoms with Crippen LogP contribution in [0, 0.1) is 0 Å². The lowest BCUT2D eigenvalue weighted by atomic mass is 9.89. The maximum atomic E-state index is 6.01. The van der Waals surface area contributed by atoms with Crippen molar-refractivity contribution >= 4 is 0 Å². The maximum absolute atomic E-state index is 6.01. The number of hydrogen-bond donors (Lipinski definition) is 1. The van der Waals surface area contributed by atoms with Gasteiger partial charge in [-0.3, -0.25) is 4.90 Å². The highest BCUT2D eigenvalue weighted by molar-refractivity contribution is 4.94. The van der Waals surface area contributed by atoms with Crippen LogP contribution in [0.3, 0.4) is 0 Å². The van der Waals surface area contributed by atoms with Crippen LogP contribution in [-0.2, 0) is 4.74 Å². The van der Waals surface area contributed by atoms with Crippen molar-refractivity contribution in [2.24, 2.45) is 5.73 Å². The zero-order valence-corrected chi connectivity index (χ0v) is 8.57. The fourth-order valence-electron chi connectivity index (χ4n) is 2.83. The fourth-order valence-corrected chi connectivity index (χ4v) is 2.83. The highest BCUT2D eigenvalue weighted by atomic mass is 16.5. The number of nitrogens with zero attached hydrogens (tertiary/aromatic N) is 1. The quantitative estimate of drug-likeness (QED) is 0.648. The summed E-state index contributed by atoms with van der Waals surface area (Å²) in [5.74, 6) is 0. The molecule has 2 N–H and O–H groups in total. The summed E-state index contributed by atoms with van der Waals surface area (Å²) in [6.45, 7) is 6.29. The van der Waals surface area contributed by atoms with E-state index in [4.69, 9.17) is 10.5 Å². The van der Waals surface area contributed by atoms with Crippen molar-refractivity contribution in [1.29, 1.82) is 0 Å². The highest BCUT2D eigenvalue weighted by Crippen LogP contribution is 2.28. The van der Waals surface area contributed by atoms with Crippen molar-refractivity contribution in [3.63, 3.8) is 0 Å². The van der Waals surface area contributed by atoms with Crippen LogP contribution in [0.4, 0.5) is 0 Å². The van der Waals surface area contributed by atoms with E-state index in [2.05, 4.69) is 18.7 Å². The minimum Gasteiger partial charge on any atom is -0.378 e. The lowest BCUT2D eigenvalue weighted by molar-refractivity contribution is -0.0914. The van der Waals surface area contributed by atoms with Gasteiger partial charge < -0.3 is 10.5 Å². The molecule has 0 aliphatic carbocycles. The number of ether oxygens (including phenoxy) is 1. The van der Waals surface area contributed by atoms with Crippen LogP contribution in [0.2, 0.25) is 0 Å². The first-order valence-corrected chi connectivity index (χ1v) is 5.29. The zero-order chi connectivity index (χ0) is 9.42. The molecule has 3 heteroatoms. The lowest BCUT2D eigenvalue weighted by Gasteiger charge is -2.49. The Morgan fingerprint density at radius 2 is 1.77 bits per heavy atom. The van der Waals surface area contributed by atoms with Crippen molar-refractivity contribution in [2.75, 3.05) is 13.2 Å². The van der Waals surface area contributed by atoms with E-state index in [1.807, 2.05) is 0 Å². The van der Waals surface area contributed by atoms with Gasteiger partial charge in [-0.05, 0) is 26.7 Å². The number of morpholine rings is 1. The molecule has 13 heavy (non-hydrogen) atoms. The van der Waals surface area contributed by atoms with Gasteiger partial charge in [0.25, 0.3) is 0 Å². The van der Waals surface area contributed by atoms with Gasteiger partial charge >= 0.3 is 0 Å². The molecule has 2 rings (SSSR count). The Bertz CT molecular complexity index is 170. The SMILES string of the molecule is CC(C)N1C2COC[C@@H]1C[C@@H](N)C2. The Kier molecular flexibility index (Phi) is 2.58. The summed E-state index contributed by atoms with van der Waals surface area (Å²) in [5, 5.41) is 0. The van der Waals surface area contributed by atoms with Gasteiger partial charge in [0.1, 0.15) is 0 Å². The second-order valence-corrected chi connectivity index (χ2v) is 4.62. The summed E-state index contributed by atoms with van der Waals surface area (Å²) in [5.41, 5.74) is 6.01. The highest BCUT2D eigenvalue weighted by Gasteiger charge is 2.38. The third-order valence-electron chi connectivity index (χ3n) is 3.21. The van der Waals surface area contributed by atoms with Gasteiger partial charge in [0.2, 0.25) is 0 Å². The van der Waals surface area contributed by atoms with E-state index in [-0.39, 0.29) is 0 Å². The Morgan fingerprint density at radius 1 is 1.23 bits per heavy atom. The molecule has 0 aromatic rings. The van der Waals surface area contributed by atoms with Crippen LogP contribution in [0.25, 0.3) is 0 Å². The third-order valence-corrected chi connectivity index (χ3v) is 3.21.